The van der Waals surface area contributed by atoms with Gasteiger partial charge in [0.1, 0.15) is 5.75 Å². The van der Waals surface area contributed by atoms with Crippen LogP contribution in [0.3, 0.4) is 0 Å². The maximum atomic E-state index is 5.40. The van der Waals surface area contributed by atoms with E-state index in [4.69, 9.17) is 14.5 Å². The molecule has 0 atom stereocenters. The first-order valence-corrected chi connectivity index (χ1v) is 10.7. The number of rotatable bonds is 12. The van der Waals surface area contributed by atoms with Crippen LogP contribution in [0.25, 0.3) is 0 Å². The molecule has 0 bridgehead atoms. The number of guanidine groups is 1. The molecule has 0 unspecified atom stereocenters. The van der Waals surface area contributed by atoms with Crippen molar-refractivity contribution in [3.8, 4) is 5.75 Å². The van der Waals surface area contributed by atoms with Gasteiger partial charge in [-0.25, -0.2) is 9.98 Å². The number of thiazole rings is 1. The van der Waals surface area contributed by atoms with Gasteiger partial charge in [0.05, 0.1) is 18.7 Å². The summed E-state index contributed by atoms with van der Waals surface area (Å²) in [5.41, 5.74) is 1.14. The number of hydrogen-bond acceptors (Lipinski definition) is 5. The molecule has 0 aliphatic rings. The Morgan fingerprint density at radius 3 is 2.55 bits per heavy atom. The molecule has 1 aromatic carbocycles. The van der Waals surface area contributed by atoms with Crippen LogP contribution >= 0.6 is 35.3 Å². The van der Waals surface area contributed by atoms with Gasteiger partial charge in [-0.3, -0.25) is 0 Å². The molecule has 0 aliphatic heterocycles. The van der Waals surface area contributed by atoms with E-state index in [0.29, 0.717) is 6.54 Å². The molecule has 29 heavy (non-hydrogen) atoms. The summed E-state index contributed by atoms with van der Waals surface area (Å²) in [5.74, 6) is 1.68. The molecule has 1 aromatic heterocycles. The van der Waals surface area contributed by atoms with E-state index in [0.717, 1.165) is 67.8 Å². The third-order valence-electron chi connectivity index (χ3n) is 4.12. The van der Waals surface area contributed by atoms with Crippen LogP contribution in [0, 0.1) is 0 Å². The topological polar surface area (TPSA) is 67.8 Å². The minimum absolute atomic E-state index is 0. The van der Waals surface area contributed by atoms with Gasteiger partial charge in [0, 0.05) is 43.8 Å². The highest BCUT2D eigenvalue weighted by Gasteiger charge is 2.03. The van der Waals surface area contributed by atoms with E-state index in [2.05, 4.69) is 22.5 Å². The van der Waals surface area contributed by atoms with E-state index in [1.807, 2.05) is 37.4 Å². The Balaban J connectivity index is 0.00000420. The number of nitrogens with zero attached hydrogens (tertiary/aromatic N) is 2. The molecule has 0 spiro atoms. The lowest BCUT2D eigenvalue weighted by Gasteiger charge is -2.12. The summed E-state index contributed by atoms with van der Waals surface area (Å²) >= 11 is 1.79. The van der Waals surface area contributed by atoms with Gasteiger partial charge >= 0.3 is 0 Å². The molecule has 0 amide bonds. The Hall–Kier alpha value is -1.39. The molecule has 2 rings (SSSR count). The van der Waals surface area contributed by atoms with Crippen LogP contribution in [0.4, 0.5) is 0 Å². The van der Waals surface area contributed by atoms with Gasteiger partial charge in [-0.2, -0.15) is 0 Å². The smallest absolute Gasteiger partial charge is 0.191 e. The minimum Gasteiger partial charge on any atom is -0.497 e. The minimum atomic E-state index is 0. The van der Waals surface area contributed by atoms with Crippen molar-refractivity contribution >= 4 is 41.3 Å². The van der Waals surface area contributed by atoms with Crippen molar-refractivity contribution in [1.29, 1.82) is 0 Å². The number of benzene rings is 1. The van der Waals surface area contributed by atoms with Crippen LogP contribution in [-0.2, 0) is 24.1 Å². The first kappa shape index (κ1) is 25.6. The lowest BCUT2D eigenvalue weighted by atomic mass is 10.2. The van der Waals surface area contributed by atoms with Gasteiger partial charge < -0.3 is 20.1 Å². The number of aryl methyl sites for hydroxylation is 1. The average Bonchev–Trinajstić information content (AvgIpc) is 3.19. The van der Waals surface area contributed by atoms with Crippen molar-refractivity contribution in [2.45, 2.75) is 39.7 Å². The SMILES string of the molecule is CCOCCCNC(=NCc1ccc(OC)cc1)NCCc1ncc(CC)s1.I. The number of halogens is 1. The summed E-state index contributed by atoms with van der Waals surface area (Å²) in [7, 11) is 1.67. The average molecular weight is 532 g/mol. The maximum Gasteiger partial charge on any atom is 0.191 e. The molecule has 2 aromatic rings. The van der Waals surface area contributed by atoms with Gasteiger partial charge in [0.2, 0.25) is 0 Å². The van der Waals surface area contributed by atoms with E-state index in [9.17, 15) is 0 Å². The molecule has 6 nitrogen and oxygen atoms in total. The van der Waals surface area contributed by atoms with Crippen LogP contribution in [0.2, 0.25) is 0 Å². The van der Waals surface area contributed by atoms with Crippen LogP contribution < -0.4 is 15.4 Å². The van der Waals surface area contributed by atoms with Crippen molar-refractivity contribution in [2.24, 2.45) is 4.99 Å². The summed E-state index contributed by atoms with van der Waals surface area (Å²) in [6.45, 7) is 7.92. The highest BCUT2D eigenvalue weighted by molar-refractivity contribution is 14.0. The number of nitrogens with one attached hydrogen (secondary N) is 2. The predicted molar refractivity (Wildman–Crippen MR) is 132 cm³/mol. The Labute approximate surface area is 195 Å². The second-order valence-electron chi connectivity index (χ2n) is 6.24. The predicted octanol–water partition coefficient (Wildman–Crippen LogP) is 4.04. The molecule has 0 saturated carbocycles. The summed E-state index contributed by atoms with van der Waals surface area (Å²) in [5, 5.41) is 7.97. The molecule has 0 radical (unpaired) electrons. The van der Waals surface area contributed by atoms with Crippen molar-refractivity contribution < 1.29 is 9.47 Å². The third-order valence-corrected chi connectivity index (χ3v) is 5.32. The number of methoxy groups -OCH3 is 1. The second kappa shape index (κ2) is 15.4. The molecule has 8 heteroatoms. The largest absolute Gasteiger partial charge is 0.497 e. The van der Waals surface area contributed by atoms with Gasteiger partial charge in [-0.1, -0.05) is 19.1 Å². The van der Waals surface area contributed by atoms with Crippen LogP contribution in [0.15, 0.2) is 35.5 Å². The van der Waals surface area contributed by atoms with Crippen LogP contribution in [-0.4, -0.2) is 44.4 Å². The van der Waals surface area contributed by atoms with Gasteiger partial charge in [-0.15, -0.1) is 35.3 Å². The number of aromatic nitrogens is 1. The Kier molecular flexibility index (Phi) is 13.7. The fourth-order valence-electron chi connectivity index (χ4n) is 2.52. The molecule has 0 saturated heterocycles. The fourth-order valence-corrected chi connectivity index (χ4v) is 3.38. The molecular formula is C21H33IN4O2S. The first-order valence-electron chi connectivity index (χ1n) is 9.91. The van der Waals surface area contributed by atoms with Crippen LogP contribution in [0.5, 0.6) is 5.75 Å². The molecule has 0 fully saturated rings. The summed E-state index contributed by atoms with van der Waals surface area (Å²) in [4.78, 5) is 10.5. The molecule has 0 aliphatic carbocycles. The summed E-state index contributed by atoms with van der Waals surface area (Å²) in [6, 6.07) is 8.00. The van der Waals surface area contributed by atoms with Crippen molar-refractivity contribution in [1.82, 2.24) is 15.6 Å². The standard InChI is InChI=1S/C21H32N4O2S.HI/c1-4-19-16-24-20(28-19)11-13-23-21(22-12-6-14-27-5-2)25-15-17-7-9-18(26-3)10-8-17;/h7-10,16H,4-6,11-15H2,1-3H3,(H2,22,23,25);1H. The maximum absolute atomic E-state index is 5.40. The quantitative estimate of drug-likeness (QED) is 0.187. The van der Waals surface area contributed by atoms with Gasteiger partial charge in [-0.05, 0) is 37.5 Å². The van der Waals surface area contributed by atoms with Crippen molar-refractivity contribution in [3.05, 3.63) is 45.9 Å². The van der Waals surface area contributed by atoms with E-state index in [1.165, 1.54) is 4.88 Å². The highest BCUT2D eigenvalue weighted by atomic mass is 127. The lowest BCUT2D eigenvalue weighted by molar-refractivity contribution is 0.145. The highest BCUT2D eigenvalue weighted by Crippen LogP contribution is 2.13. The zero-order chi connectivity index (χ0) is 20.0. The Bertz CT molecular complexity index is 707. The van der Waals surface area contributed by atoms with Gasteiger partial charge in [0.25, 0.3) is 0 Å². The monoisotopic (exact) mass is 532 g/mol. The Morgan fingerprint density at radius 1 is 1.14 bits per heavy atom. The van der Waals surface area contributed by atoms with Crippen molar-refractivity contribution in [2.75, 3.05) is 33.4 Å². The number of hydrogen-bond donors (Lipinski definition) is 2. The molecule has 162 valence electrons. The molecule has 2 N–H and O–H groups in total. The third kappa shape index (κ3) is 10.3. The zero-order valence-electron chi connectivity index (χ0n) is 17.6. The van der Waals surface area contributed by atoms with Crippen LogP contribution in [0.1, 0.15) is 35.7 Å². The van der Waals surface area contributed by atoms with Crippen molar-refractivity contribution in [3.63, 3.8) is 0 Å². The summed E-state index contributed by atoms with van der Waals surface area (Å²) in [6.07, 6.45) is 4.86. The Morgan fingerprint density at radius 2 is 1.90 bits per heavy atom. The summed E-state index contributed by atoms with van der Waals surface area (Å²) < 4.78 is 10.6. The van der Waals surface area contributed by atoms with E-state index < -0.39 is 0 Å². The molecule has 1 heterocycles. The number of ether oxygens (including phenoxy) is 2. The fraction of sp³-hybridized carbons (Fsp3) is 0.524. The zero-order valence-corrected chi connectivity index (χ0v) is 20.7. The first-order chi connectivity index (χ1) is 13.7. The normalized spacial score (nSPS) is 11.1. The van der Waals surface area contributed by atoms with E-state index in [1.54, 1.807) is 18.4 Å². The second-order valence-corrected chi connectivity index (χ2v) is 7.44. The van der Waals surface area contributed by atoms with E-state index in [-0.39, 0.29) is 24.0 Å². The molecular weight excluding hydrogens is 499 g/mol. The van der Waals surface area contributed by atoms with Gasteiger partial charge in [0.15, 0.2) is 5.96 Å². The lowest BCUT2D eigenvalue weighted by Crippen LogP contribution is -2.39. The number of aliphatic imine (C=N–C) groups is 1. The van der Waals surface area contributed by atoms with E-state index >= 15 is 0 Å².